The summed E-state index contributed by atoms with van der Waals surface area (Å²) < 4.78 is 0. The predicted molar refractivity (Wildman–Crippen MR) is 57.3 cm³/mol. The molecule has 0 amide bonds. The maximum absolute atomic E-state index is 2.33. The summed E-state index contributed by atoms with van der Waals surface area (Å²) in [6.45, 7) is 16.0. The fraction of sp³-hybridized carbons (Fsp3) is 0.833. The molecule has 0 rings (SSSR count). The second-order valence-corrected chi connectivity index (χ2v) is 5.01. The molecule has 0 saturated heterocycles. The van der Waals surface area contributed by atoms with E-state index in [1.165, 1.54) is 12.0 Å². The first kappa shape index (κ1) is 11.7. The van der Waals surface area contributed by atoms with Crippen molar-refractivity contribution in [1.82, 2.24) is 0 Å². The predicted octanol–water partition coefficient (Wildman–Crippen LogP) is 4.42. The Balaban J connectivity index is 4.70. The quantitative estimate of drug-likeness (QED) is 0.536. The van der Waals surface area contributed by atoms with E-state index in [0.717, 1.165) is 5.92 Å². The molecule has 0 heteroatoms. The molecule has 1 atom stereocenters. The third kappa shape index (κ3) is 3.00. The van der Waals surface area contributed by atoms with Crippen LogP contribution in [0.15, 0.2) is 11.1 Å². The second kappa shape index (κ2) is 4.11. The first-order valence-electron chi connectivity index (χ1n) is 4.94. The highest BCUT2D eigenvalue weighted by molar-refractivity contribution is 5.12. The number of hydrogen-bond donors (Lipinski definition) is 0. The molecule has 0 saturated carbocycles. The van der Waals surface area contributed by atoms with E-state index in [2.05, 4.69) is 48.5 Å². The lowest BCUT2D eigenvalue weighted by Crippen LogP contribution is -2.21. The summed E-state index contributed by atoms with van der Waals surface area (Å²) in [5, 5.41) is 0. The Morgan fingerprint density at radius 2 is 1.50 bits per heavy atom. The van der Waals surface area contributed by atoms with Crippen LogP contribution in [0.5, 0.6) is 0 Å². The topological polar surface area (TPSA) is 0 Å². The molecule has 0 aliphatic rings. The fourth-order valence-corrected chi connectivity index (χ4v) is 1.92. The Bertz CT molecular complexity index is 163. The van der Waals surface area contributed by atoms with Crippen LogP contribution in [0.3, 0.4) is 0 Å². The lowest BCUT2D eigenvalue weighted by molar-refractivity contribution is 0.270. The van der Waals surface area contributed by atoms with Gasteiger partial charge in [-0.15, -0.1) is 0 Å². The van der Waals surface area contributed by atoms with Gasteiger partial charge in [0.05, 0.1) is 0 Å². The summed E-state index contributed by atoms with van der Waals surface area (Å²) in [5.41, 5.74) is 3.47. The van der Waals surface area contributed by atoms with E-state index in [1.54, 1.807) is 5.57 Å². The first-order chi connectivity index (χ1) is 5.30. The highest BCUT2D eigenvalue weighted by Gasteiger charge is 2.24. The van der Waals surface area contributed by atoms with Gasteiger partial charge in [0.25, 0.3) is 0 Å². The summed E-state index contributed by atoms with van der Waals surface area (Å²) >= 11 is 0. The van der Waals surface area contributed by atoms with Gasteiger partial charge in [0.2, 0.25) is 0 Å². The summed E-state index contributed by atoms with van der Waals surface area (Å²) in [6, 6.07) is 0. The third-order valence-corrected chi connectivity index (χ3v) is 2.77. The lowest BCUT2D eigenvalue weighted by Gasteiger charge is -2.31. The van der Waals surface area contributed by atoms with E-state index in [1.807, 2.05) is 0 Å². The largest absolute Gasteiger partial charge is 0.0772 e. The molecule has 12 heavy (non-hydrogen) atoms. The Labute approximate surface area is 78.1 Å². The summed E-state index contributed by atoms with van der Waals surface area (Å²) in [7, 11) is 0. The van der Waals surface area contributed by atoms with E-state index < -0.39 is 0 Å². The minimum absolute atomic E-state index is 0.413. The molecule has 0 N–H and O–H groups in total. The molecule has 72 valence electrons. The molecule has 0 heterocycles. The maximum Gasteiger partial charge on any atom is -0.0157 e. The molecule has 0 aromatic carbocycles. The van der Waals surface area contributed by atoms with Crippen LogP contribution < -0.4 is 0 Å². The van der Waals surface area contributed by atoms with Crippen molar-refractivity contribution in [3.63, 3.8) is 0 Å². The van der Waals surface area contributed by atoms with Gasteiger partial charge in [-0.05, 0) is 38.5 Å². The van der Waals surface area contributed by atoms with Crippen LogP contribution in [-0.2, 0) is 0 Å². The monoisotopic (exact) mass is 168 g/mol. The molecule has 0 aromatic heterocycles. The van der Waals surface area contributed by atoms with E-state index in [9.17, 15) is 0 Å². The molecular weight excluding hydrogens is 144 g/mol. The van der Waals surface area contributed by atoms with E-state index >= 15 is 0 Å². The van der Waals surface area contributed by atoms with Crippen molar-refractivity contribution in [2.45, 2.75) is 54.9 Å². The standard InChI is InChI=1S/C12H24/c1-8-11(12(5,6)7)10(4)9(2)3/h11H,8H2,1-7H3. The number of allylic oxidation sites excluding steroid dienone is 2. The van der Waals surface area contributed by atoms with Crippen LogP contribution in [0, 0.1) is 11.3 Å². The van der Waals surface area contributed by atoms with Crippen molar-refractivity contribution in [1.29, 1.82) is 0 Å². The van der Waals surface area contributed by atoms with Gasteiger partial charge in [-0.25, -0.2) is 0 Å². The minimum Gasteiger partial charge on any atom is -0.0772 e. The fourth-order valence-electron chi connectivity index (χ4n) is 1.92. The molecule has 1 unspecified atom stereocenters. The van der Waals surface area contributed by atoms with E-state index in [-0.39, 0.29) is 0 Å². The summed E-state index contributed by atoms with van der Waals surface area (Å²) in [4.78, 5) is 0. The van der Waals surface area contributed by atoms with Crippen LogP contribution in [-0.4, -0.2) is 0 Å². The Kier molecular flexibility index (Phi) is 4.02. The first-order valence-corrected chi connectivity index (χ1v) is 4.94. The van der Waals surface area contributed by atoms with Crippen molar-refractivity contribution in [2.75, 3.05) is 0 Å². The van der Waals surface area contributed by atoms with Crippen molar-refractivity contribution in [3.8, 4) is 0 Å². The molecule has 0 aromatic rings. The summed E-state index contributed by atoms with van der Waals surface area (Å²) in [5.74, 6) is 0.738. The van der Waals surface area contributed by atoms with Gasteiger partial charge in [0.1, 0.15) is 0 Å². The lowest BCUT2D eigenvalue weighted by atomic mass is 9.74. The average Bonchev–Trinajstić information content (AvgIpc) is 1.85. The van der Waals surface area contributed by atoms with Gasteiger partial charge in [0, 0.05) is 0 Å². The smallest absolute Gasteiger partial charge is 0.0157 e. The molecular formula is C12H24. The molecule has 0 aliphatic heterocycles. The zero-order valence-corrected chi connectivity index (χ0v) is 9.78. The molecule has 0 aliphatic carbocycles. The Morgan fingerprint density at radius 1 is 1.08 bits per heavy atom. The van der Waals surface area contributed by atoms with Crippen LogP contribution in [0.1, 0.15) is 54.9 Å². The molecule has 0 spiro atoms. The van der Waals surface area contributed by atoms with Gasteiger partial charge < -0.3 is 0 Å². The van der Waals surface area contributed by atoms with Crippen molar-refractivity contribution >= 4 is 0 Å². The van der Waals surface area contributed by atoms with Gasteiger partial charge in [-0.1, -0.05) is 38.8 Å². The van der Waals surface area contributed by atoms with E-state index in [4.69, 9.17) is 0 Å². The van der Waals surface area contributed by atoms with Crippen LogP contribution in [0.25, 0.3) is 0 Å². The van der Waals surface area contributed by atoms with Gasteiger partial charge in [-0.2, -0.15) is 0 Å². The zero-order valence-electron chi connectivity index (χ0n) is 9.78. The molecule has 0 fully saturated rings. The van der Waals surface area contributed by atoms with Crippen molar-refractivity contribution in [3.05, 3.63) is 11.1 Å². The van der Waals surface area contributed by atoms with Crippen molar-refractivity contribution < 1.29 is 0 Å². The highest BCUT2D eigenvalue weighted by Crippen LogP contribution is 2.35. The minimum atomic E-state index is 0.413. The number of hydrogen-bond acceptors (Lipinski definition) is 0. The third-order valence-electron chi connectivity index (χ3n) is 2.77. The van der Waals surface area contributed by atoms with Crippen molar-refractivity contribution in [2.24, 2.45) is 11.3 Å². The highest BCUT2D eigenvalue weighted by atomic mass is 14.3. The van der Waals surface area contributed by atoms with Crippen LogP contribution in [0.2, 0.25) is 0 Å². The molecule has 0 nitrogen and oxygen atoms in total. The van der Waals surface area contributed by atoms with Gasteiger partial charge >= 0.3 is 0 Å². The Morgan fingerprint density at radius 3 is 1.58 bits per heavy atom. The van der Waals surface area contributed by atoms with Crippen LogP contribution >= 0.6 is 0 Å². The SMILES string of the molecule is CCC(C(C)=C(C)C)C(C)(C)C. The average molecular weight is 168 g/mol. The van der Waals surface area contributed by atoms with Crippen LogP contribution in [0.4, 0.5) is 0 Å². The summed E-state index contributed by atoms with van der Waals surface area (Å²) in [6.07, 6.45) is 1.25. The second-order valence-electron chi connectivity index (χ2n) is 5.01. The maximum atomic E-state index is 2.33. The molecule has 0 radical (unpaired) electrons. The van der Waals surface area contributed by atoms with Gasteiger partial charge in [-0.3, -0.25) is 0 Å². The van der Waals surface area contributed by atoms with Gasteiger partial charge in [0.15, 0.2) is 0 Å². The molecule has 0 bridgehead atoms. The number of rotatable bonds is 2. The zero-order chi connectivity index (χ0) is 9.94. The Hall–Kier alpha value is -0.260. The van der Waals surface area contributed by atoms with E-state index in [0.29, 0.717) is 5.41 Å². The normalized spacial score (nSPS) is 14.2.